The largest absolute Gasteiger partial charge is 0.379 e. The maximum absolute atomic E-state index is 14.0. The number of nitrogens with zero attached hydrogens (tertiary/aromatic N) is 6. The molecule has 0 atom stereocenters. The molecule has 0 saturated heterocycles. The van der Waals surface area contributed by atoms with E-state index in [-0.39, 0.29) is 5.82 Å². The highest BCUT2D eigenvalue weighted by molar-refractivity contribution is 5.49. The maximum Gasteiger partial charge on any atom is 0.150 e. The van der Waals surface area contributed by atoms with Crippen LogP contribution in [0.25, 0.3) is 5.69 Å². The standard InChI is InChI=1S/C12H12FN7/c1-19-6-10(17-18-19)5-15-9-2-3-12(11(13)4-9)20-8-14-7-16-20/h2-4,6-8,15H,5H2,1H3. The summed E-state index contributed by atoms with van der Waals surface area (Å²) in [5.74, 6) is -0.375. The molecule has 2 heterocycles. The van der Waals surface area contributed by atoms with Gasteiger partial charge in [0.2, 0.25) is 0 Å². The number of benzene rings is 1. The zero-order valence-electron chi connectivity index (χ0n) is 10.7. The van der Waals surface area contributed by atoms with E-state index >= 15 is 0 Å². The van der Waals surface area contributed by atoms with Gasteiger partial charge >= 0.3 is 0 Å². The van der Waals surface area contributed by atoms with Gasteiger partial charge in [-0.05, 0) is 18.2 Å². The van der Waals surface area contributed by atoms with E-state index < -0.39 is 0 Å². The van der Waals surface area contributed by atoms with Crippen molar-refractivity contribution < 1.29 is 4.39 Å². The van der Waals surface area contributed by atoms with Gasteiger partial charge in [-0.2, -0.15) is 5.10 Å². The Kier molecular flexibility index (Phi) is 3.12. The lowest BCUT2D eigenvalue weighted by Gasteiger charge is -2.07. The van der Waals surface area contributed by atoms with Gasteiger partial charge in [-0.25, -0.2) is 14.1 Å². The van der Waals surface area contributed by atoms with E-state index in [9.17, 15) is 4.39 Å². The Balaban J connectivity index is 1.74. The minimum absolute atomic E-state index is 0.354. The number of halogens is 1. The number of anilines is 1. The lowest BCUT2D eigenvalue weighted by atomic mass is 10.2. The van der Waals surface area contributed by atoms with Gasteiger partial charge in [0.15, 0.2) is 5.82 Å². The molecule has 0 unspecified atom stereocenters. The van der Waals surface area contributed by atoms with Crippen LogP contribution in [0.1, 0.15) is 5.69 Å². The summed E-state index contributed by atoms with van der Waals surface area (Å²) in [6.07, 6.45) is 4.61. The molecular formula is C12H12FN7. The molecule has 0 fully saturated rings. The Bertz CT molecular complexity index is 704. The molecule has 1 N–H and O–H groups in total. The first-order valence-electron chi connectivity index (χ1n) is 5.96. The summed E-state index contributed by atoms with van der Waals surface area (Å²) < 4.78 is 17.0. The highest BCUT2D eigenvalue weighted by atomic mass is 19.1. The molecular weight excluding hydrogens is 261 g/mol. The molecule has 0 radical (unpaired) electrons. The molecule has 0 bridgehead atoms. The molecule has 20 heavy (non-hydrogen) atoms. The van der Waals surface area contributed by atoms with Gasteiger partial charge in [0.25, 0.3) is 0 Å². The highest BCUT2D eigenvalue weighted by Gasteiger charge is 2.06. The zero-order chi connectivity index (χ0) is 13.9. The molecule has 2 aromatic heterocycles. The van der Waals surface area contributed by atoms with Crippen molar-refractivity contribution in [3.05, 3.63) is 48.6 Å². The topological polar surface area (TPSA) is 73.5 Å². The molecule has 0 aliphatic carbocycles. The van der Waals surface area contributed by atoms with Gasteiger partial charge in [0, 0.05) is 18.9 Å². The third-order valence-corrected chi connectivity index (χ3v) is 2.74. The Hall–Kier alpha value is -2.77. The fourth-order valence-electron chi connectivity index (χ4n) is 1.80. The van der Waals surface area contributed by atoms with Gasteiger partial charge in [-0.1, -0.05) is 5.21 Å². The smallest absolute Gasteiger partial charge is 0.150 e. The number of aryl methyl sites for hydroxylation is 1. The van der Waals surface area contributed by atoms with Crippen LogP contribution in [0.3, 0.4) is 0 Å². The van der Waals surface area contributed by atoms with E-state index in [4.69, 9.17) is 0 Å². The average Bonchev–Trinajstić information content (AvgIpc) is 3.08. The van der Waals surface area contributed by atoms with Crippen molar-refractivity contribution in [2.45, 2.75) is 6.54 Å². The lowest BCUT2D eigenvalue weighted by molar-refractivity contribution is 0.611. The summed E-state index contributed by atoms with van der Waals surface area (Å²) in [6, 6.07) is 4.83. The Morgan fingerprint density at radius 2 is 2.25 bits per heavy atom. The number of nitrogens with one attached hydrogen (secondary N) is 1. The second kappa shape index (κ2) is 5.08. The molecule has 102 valence electrons. The second-order valence-corrected chi connectivity index (χ2v) is 4.24. The lowest BCUT2D eigenvalue weighted by Crippen LogP contribution is -2.03. The van der Waals surface area contributed by atoms with Gasteiger partial charge in [-0.15, -0.1) is 5.10 Å². The Morgan fingerprint density at radius 1 is 1.35 bits per heavy atom. The Labute approximate surface area is 114 Å². The maximum atomic E-state index is 14.0. The number of aromatic nitrogens is 6. The van der Waals surface area contributed by atoms with E-state index in [1.54, 1.807) is 30.1 Å². The first-order valence-corrected chi connectivity index (χ1v) is 5.96. The van der Waals surface area contributed by atoms with Crippen LogP contribution in [0.4, 0.5) is 10.1 Å². The first-order chi connectivity index (χ1) is 9.72. The SMILES string of the molecule is Cn1cc(CNc2ccc(-n3cncn3)c(F)c2)nn1. The van der Waals surface area contributed by atoms with Crippen LogP contribution in [-0.2, 0) is 13.6 Å². The fourth-order valence-corrected chi connectivity index (χ4v) is 1.80. The monoisotopic (exact) mass is 273 g/mol. The summed E-state index contributed by atoms with van der Waals surface area (Å²) in [5.41, 5.74) is 1.80. The molecule has 0 spiro atoms. The quantitative estimate of drug-likeness (QED) is 0.772. The van der Waals surface area contributed by atoms with Crippen molar-refractivity contribution in [1.82, 2.24) is 29.8 Å². The van der Waals surface area contributed by atoms with Crippen molar-refractivity contribution in [1.29, 1.82) is 0 Å². The van der Waals surface area contributed by atoms with Crippen LogP contribution >= 0.6 is 0 Å². The fraction of sp³-hybridized carbons (Fsp3) is 0.167. The van der Waals surface area contributed by atoms with E-state index in [2.05, 4.69) is 25.7 Å². The number of rotatable bonds is 4. The second-order valence-electron chi connectivity index (χ2n) is 4.24. The number of hydrogen-bond donors (Lipinski definition) is 1. The first kappa shape index (κ1) is 12.3. The third-order valence-electron chi connectivity index (χ3n) is 2.74. The molecule has 7 nitrogen and oxygen atoms in total. The average molecular weight is 273 g/mol. The molecule has 1 aromatic carbocycles. The van der Waals surface area contributed by atoms with Gasteiger partial charge in [0.05, 0.1) is 6.54 Å². The zero-order valence-corrected chi connectivity index (χ0v) is 10.7. The minimum atomic E-state index is -0.375. The normalized spacial score (nSPS) is 10.7. The highest BCUT2D eigenvalue weighted by Crippen LogP contribution is 2.17. The van der Waals surface area contributed by atoms with E-state index in [1.165, 1.54) is 23.4 Å². The van der Waals surface area contributed by atoms with E-state index in [0.717, 1.165) is 5.69 Å². The molecule has 8 heteroatoms. The predicted molar refractivity (Wildman–Crippen MR) is 69.6 cm³/mol. The van der Waals surface area contributed by atoms with Crippen molar-refractivity contribution in [3.63, 3.8) is 0 Å². The van der Waals surface area contributed by atoms with E-state index in [0.29, 0.717) is 17.9 Å². The molecule has 0 aliphatic heterocycles. The van der Waals surface area contributed by atoms with Crippen molar-refractivity contribution >= 4 is 5.69 Å². The predicted octanol–water partition coefficient (Wildman–Crippen LogP) is 1.15. The van der Waals surface area contributed by atoms with Crippen LogP contribution in [0.15, 0.2) is 37.1 Å². The summed E-state index contributed by atoms with van der Waals surface area (Å²) in [7, 11) is 1.79. The van der Waals surface area contributed by atoms with Crippen molar-refractivity contribution in [3.8, 4) is 5.69 Å². The van der Waals surface area contributed by atoms with Gasteiger partial charge in [0.1, 0.15) is 24.0 Å². The van der Waals surface area contributed by atoms with Crippen molar-refractivity contribution in [2.75, 3.05) is 5.32 Å². The summed E-state index contributed by atoms with van der Waals surface area (Å²) in [4.78, 5) is 3.79. The molecule has 3 rings (SSSR count). The third kappa shape index (κ3) is 2.48. The van der Waals surface area contributed by atoms with Crippen LogP contribution in [0.5, 0.6) is 0 Å². The van der Waals surface area contributed by atoms with Crippen LogP contribution in [0.2, 0.25) is 0 Å². The van der Waals surface area contributed by atoms with Crippen molar-refractivity contribution in [2.24, 2.45) is 7.05 Å². The molecule has 3 aromatic rings. The number of hydrogen-bond acceptors (Lipinski definition) is 5. The molecule has 0 saturated carbocycles. The Morgan fingerprint density at radius 3 is 2.90 bits per heavy atom. The minimum Gasteiger partial charge on any atom is -0.379 e. The molecule has 0 aliphatic rings. The van der Waals surface area contributed by atoms with Gasteiger partial charge < -0.3 is 5.32 Å². The van der Waals surface area contributed by atoms with Crippen LogP contribution in [-0.4, -0.2) is 29.8 Å². The summed E-state index contributed by atoms with van der Waals surface area (Å²) in [5, 5.41) is 14.8. The van der Waals surface area contributed by atoms with Crippen LogP contribution in [0, 0.1) is 5.82 Å². The van der Waals surface area contributed by atoms with E-state index in [1.807, 2.05) is 0 Å². The summed E-state index contributed by atoms with van der Waals surface area (Å²) >= 11 is 0. The van der Waals surface area contributed by atoms with Crippen LogP contribution < -0.4 is 5.32 Å². The molecule has 0 amide bonds. The van der Waals surface area contributed by atoms with Gasteiger partial charge in [-0.3, -0.25) is 4.68 Å². The summed E-state index contributed by atoms with van der Waals surface area (Å²) in [6.45, 7) is 0.482.